The Hall–Kier alpha value is -2.85. The number of amides is 1. The van der Waals surface area contributed by atoms with Crippen LogP contribution in [0.25, 0.3) is 0 Å². The molecule has 0 aliphatic rings. The lowest BCUT2D eigenvalue weighted by Gasteiger charge is -2.10. The molecule has 0 fully saturated rings. The summed E-state index contributed by atoms with van der Waals surface area (Å²) in [6.45, 7) is 2.00. The molecule has 0 aliphatic heterocycles. The Morgan fingerprint density at radius 2 is 2.14 bits per heavy atom. The fraction of sp³-hybridized carbons (Fsp3) is 0.267. The second-order valence-electron chi connectivity index (χ2n) is 4.07. The van der Waals surface area contributed by atoms with Gasteiger partial charge in [-0.05, 0) is 19.1 Å². The Labute approximate surface area is 128 Å². The van der Waals surface area contributed by atoms with E-state index >= 15 is 0 Å². The normalized spacial score (nSPS) is 10.5. The first-order chi connectivity index (χ1) is 10.6. The summed E-state index contributed by atoms with van der Waals surface area (Å²) in [6.07, 6.45) is 1.21. The van der Waals surface area contributed by atoms with Crippen LogP contribution in [0, 0.1) is 11.3 Å². The van der Waals surface area contributed by atoms with Crippen molar-refractivity contribution in [2.24, 2.45) is 0 Å². The fourth-order valence-electron chi connectivity index (χ4n) is 1.56. The molecule has 1 aromatic carbocycles. The number of carbonyl (C=O) groups is 2. The lowest BCUT2D eigenvalue weighted by atomic mass is 10.1. The Bertz CT molecular complexity index is 605. The Balaban J connectivity index is 2.90. The molecule has 7 heteroatoms. The lowest BCUT2D eigenvalue weighted by Crippen LogP contribution is -2.20. The van der Waals surface area contributed by atoms with Gasteiger partial charge in [0.15, 0.2) is 0 Å². The van der Waals surface area contributed by atoms with Crippen molar-refractivity contribution in [2.75, 3.05) is 25.1 Å². The highest BCUT2D eigenvalue weighted by Gasteiger charge is 2.16. The number of para-hydroxylation sites is 1. The van der Waals surface area contributed by atoms with E-state index < -0.39 is 11.9 Å². The van der Waals surface area contributed by atoms with E-state index in [1.807, 2.05) is 0 Å². The molecule has 22 heavy (non-hydrogen) atoms. The predicted octanol–water partition coefficient (Wildman–Crippen LogP) is 0.791. The predicted molar refractivity (Wildman–Crippen MR) is 79.8 cm³/mol. The Morgan fingerprint density at radius 1 is 1.41 bits per heavy atom. The highest BCUT2D eigenvalue weighted by Crippen LogP contribution is 2.17. The zero-order chi connectivity index (χ0) is 16.4. The van der Waals surface area contributed by atoms with Crippen LogP contribution < -0.4 is 10.6 Å². The van der Waals surface area contributed by atoms with Gasteiger partial charge < -0.3 is 20.5 Å². The zero-order valence-electron chi connectivity index (χ0n) is 12.1. The summed E-state index contributed by atoms with van der Waals surface area (Å²) in [5.74, 6) is -1.22. The van der Waals surface area contributed by atoms with E-state index in [1.54, 1.807) is 31.2 Å². The number of anilines is 1. The fourth-order valence-corrected chi connectivity index (χ4v) is 1.56. The zero-order valence-corrected chi connectivity index (χ0v) is 12.1. The van der Waals surface area contributed by atoms with Gasteiger partial charge in [0.1, 0.15) is 11.6 Å². The van der Waals surface area contributed by atoms with Crippen LogP contribution in [-0.2, 0) is 9.53 Å². The lowest BCUT2D eigenvalue weighted by molar-refractivity contribution is -0.112. The van der Waals surface area contributed by atoms with Crippen molar-refractivity contribution in [2.45, 2.75) is 6.92 Å². The average molecular weight is 303 g/mol. The summed E-state index contributed by atoms with van der Waals surface area (Å²) in [4.78, 5) is 23.8. The number of ether oxygens (including phenoxy) is 1. The largest absolute Gasteiger partial charge is 0.462 e. The van der Waals surface area contributed by atoms with Crippen molar-refractivity contribution >= 4 is 17.6 Å². The minimum absolute atomic E-state index is 0.123. The summed E-state index contributed by atoms with van der Waals surface area (Å²) < 4.78 is 4.91. The monoisotopic (exact) mass is 303 g/mol. The van der Waals surface area contributed by atoms with Crippen molar-refractivity contribution in [3.63, 3.8) is 0 Å². The van der Waals surface area contributed by atoms with Crippen LogP contribution in [0.5, 0.6) is 0 Å². The minimum Gasteiger partial charge on any atom is -0.462 e. The maximum Gasteiger partial charge on any atom is 0.340 e. The van der Waals surface area contributed by atoms with Crippen molar-refractivity contribution < 1.29 is 19.4 Å². The van der Waals surface area contributed by atoms with Gasteiger partial charge in [-0.25, -0.2) is 4.79 Å². The number of esters is 1. The molecular formula is C15H17N3O4. The molecule has 0 atom stereocenters. The van der Waals surface area contributed by atoms with Gasteiger partial charge in [-0.3, -0.25) is 4.79 Å². The summed E-state index contributed by atoms with van der Waals surface area (Å²) >= 11 is 0. The summed E-state index contributed by atoms with van der Waals surface area (Å²) in [7, 11) is 0. The maximum atomic E-state index is 12.0. The molecule has 0 aromatic heterocycles. The number of carbonyl (C=O) groups excluding carboxylic acids is 2. The van der Waals surface area contributed by atoms with Crippen molar-refractivity contribution in [1.29, 1.82) is 5.26 Å². The summed E-state index contributed by atoms with van der Waals surface area (Å²) in [5, 5.41) is 22.7. The standard InChI is InChI=1S/C15H17N3O4/c1-2-22-15(21)12-5-3-4-6-13(12)18-14(20)11(9-16)10-17-7-8-19/h3-6,10,17,19H,2,7-8H2,1H3,(H,18,20)/b11-10-. The van der Waals surface area contributed by atoms with Crippen LogP contribution in [0.4, 0.5) is 5.69 Å². The van der Waals surface area contributed by atoms with Gasteiger partial charge >= 0.3 is 5.97 Å². The molecule has 0 radical (unpaired) electrons. The first kappa shape index (κ1) is 17.2. The smallest absolute Gasteiger partial charge is 0.340 e. The van der Waals surface area contributed by atoms with Crippen LogP contribution in [0.2, 0.25) is 0 Å². The number of hydrogen-bond donors (Lipinski definition) is 3. The molecule has 0 saturated heterocycles. The van der Waals surface area contributed by atoms with E-state index in [-0.39, 0.29) is 36.6 Å². The van der Waals surface area contributed by atoms with Crippen LogP contribution in [0.3, 0.4) is 0 Å². The van der Waals surface area contributed by atoms with Crippen LogP contribution in [0.15, 0.2) is 36.0 Å². The molecule has 0 unspecified atom stereocenters. The quantitative estimate of drug-likeness (QED) is 0.297. The van der Waals surface area contributed by atoms with E-state index in [0.717, 1.165) is 0 Å². The molecule has 0 saturated carbocycles. The number of nitriles is 1. The molecular weight excluding hydrogens is 286 g/mol. The minimum atomic E-state index is -0.662. The van der Waals surface area contributed by atoms with Gasteiger partial charge in [-0.1, -0.05) is 12.1 Å². The first-order valence-corrected chi connectivity index (χ1v) is 6.66. The highest BCUT2D eigenvalue weighted by atomic mass is 16.5. The van der Waals surface area contributed by atoms with Gasteiger partial charge in [-0.15, -0.1) is 0 Å². The van der Waals surface area contributed by atoms with E-state index in [9.17, 15) is 9.59 Å². The number of aliphatic hydroxyl groups is 1. The van der Waals surface area contributed by atoms with Gasteiger partial charge in [0.05, 0.1) is 24.5 Å². The number of nitrogens with zero attached hydrogens (tertiary/aromatic N) is 1. The molecule has 1 rings (SSSR count). The van der Waals surface area contributed by atoms with E-state index in [2.05, 4.69) is 10.6 Å². The van der Waals surface area contributed by atoms with Gasteiger partial charge in [-0.2, -0.15) is 5.26 Å². The Kier molecular flexibility index (Phi) is 7.16. The molecule has 0 heterocycles. The summed E-state index contributed by atoms with van der Waals surface area (Å²) in [6, 6.07) is 8.10. The molecule has 1 aromatic rings. The molecule has 3 N–H and O–H groups in total. The average Bonchev–Trinajstić information content (AvgIpc) is 2.52. The number of hydrogen-bond acceptors (Lipinski definition) is 6. The molecule has 1 amide bonds. The molecule has 116 valence electrons. The van der Waals surface area contributed by atoms with Gasteiger partial charge in [0, 0.05) is 12.7 Å². The SMILES string of the molecule is CCOC(=O)c1ccccc1NC(=O)/C(C#N)=C\NCCO. The number of benzene rings is 1. The third kappa shape index (κ3) is 4.92. The topological polar surface area (TPSA) is 111 Å². The van der Waals surface area contributed by atoms with Crippen molar-refractivity contribution in [3.05, 3.63) is 41.6 Å². The van der Waals surface area contributed by atoms with Crippen molar-refractivity contribution in [3.8, 4) is 6.07 Å². The number of rotatable bonds is 7. The van der Waals surface area contributed by atoms with E-state index in [0.29, 0.717) is 0 Å². The van der Waals surface area contributed by atoms with Gasteiger partial charge in [0.2, 0.25) is 0 Å². The number of nitrogens with one attached hydrogen (secondary N) is 2. The van der Waals surface area contributed by atoms with Gasteiger partial charge in [0.25, 0.3) is 5.91 Å². The van der Waals surface area contributed by atoms with Crippen molar-refractivity contribution in [1.82, 2.24) is 5.32 Å². The molecule has 0 aliphatic carbocycles. The highest BCUT2D eigenvalue weighted by molar-refractivity contribution is 6.09. The third-order valence-corrected chi connectivity index (χ3v) is 2.54. The molecule has 0 bridgehead atoms. The third-order valence-electron chi connectivity index (χ3n) is 2.54. The second kappa shape index (κ2) is 9.15. The van der Waals surface area contributed by atoms with Crippen LogP contribution in [0.1, 0.15) is 17.3 Å². The maximum absolute atomic E-state index is 12.0. The van der Waals surface area contributed by atoms with E-state index in [4.69, 9.17) is 15.1 Å². The van der Waals surface area contributed by atoms with Crippen LogP contribution >= 0.6 is 0 Å². The molecule has 7 nitrogen and oxygen atoms in total. The number of aliphatic hydroxyl groups excluding tert-OH is 1. The van der Waals surface area contributed by atoms with Crippen LogP contribution in [-0.4, -0.2) is 36.7 Å². The van der Waals surface area contributed by atoms with E-state index in [1.165, 1.54) is 12.3 Å². The first-order valence-electron chi connectivity index (χ1n) is 6.66. The second-order valence-corrected chi connectivity index (χ2v) is 4.07. The Morgan fingerprint density at radius 3 is 2.77 bits per heavy atom. The summed E-state index contributed by atoms with van der Waals surface area (Å²) in [5.41, 5.74) is 0.291. The molecule has 0 spiro atoms.